The van der Waals surface area contributed by atoms with Crippen LogP contribution in [-0.4, -0.2) is 31.7 Å². The molecule has 2 aromatic rings. The molecule has 0 saturated heterocycles. The van der Waals surface area contributed by atoms with Gasteiger partial charge in [-0.15, -0.1) is 0 Å². The van der Waals surface area contributed by atoms with E-state index in [0.717, 1.165) is 18.5 Å². The van der Waals surface area contributed by atoms with Gasteiger partial charge in [-0.25, -0.2) is 13.4 Å². The van der Waals surface area contributed by atoms with Crippen LogP contribution in [0.1, 0.15) is 12.5 Å². The van der Waals surface area contributed by atoms with E-state index >= 15 is 0 Å². The molecule has 1 amide bonds. The minimum absolute atomic E-state index is 0.110. The third kappa shape index (κ3) is 6.47. The van der Waals surface area contributed by atoms with Crippen LogP contribution in [-0.2, 0) is 20.2 Å². The number of hydrogen-bond acceptors (Lipinski definition) is 6. The number of sulfonamides is 1. The maximum atomic E-state index is 13.0. The van der Waals surface area contributed by atoms with Crippen molar-refractivity contribution in [2.75, 3.05) is 6.26 Å². The quantitative estimate of drug-likeness (QED) is 0.641. The molecule has 7 nitrogen and oxygen atoms in total. The molecule has 12 heteroatoms. The van der Waals surface area contributed by atoms with E-state index in [2.05, 4.69) is 4.98 Å². The van der Waals surface area contributed by atoms with E-state index in [4.69, 9.17) is 32.7 Å². The van der Waals surface area contributed by atoms with Gasteiger partial charge in [-0.2, -0.15) is 8.78 Å². The van der Waals surface area contributed by atoms with E-state index in [1.54, 1.807) is 4.72 Å². The summed E-state index contributed by atoms with van der Waals surface area (Å²) in [6.45, 7) is 1.38. The number of benzene rings is 1. The summed E-state index contributed by atoms with van der Waals surface area (Å²) in [5.74, 6) is -0.407. The number of amides is 1. The summed E-state index contributed by atoms with van der Waals surface area (Å²) in [5.41, 5.74) is -0.573. The number of rotatable bonds is 7. The maximum absolute atomic E-state index is 13.0. The van der Waals surface area contributed by atoms with Crippen molar-refractivity contribution in [3.63, 3.8) is 0 Å². The fraction of sp³-hybridized carbons (Fsp3) is 0.250. The predicted molar refractivity (Wildman–Crippen MR) is 98.6 cm³/mol. The number of ether oxygens (including phenoxy) is 2. The van der Waals surface area contributed by atoms with Gasteiger partial charge in [0.25, 0.3) is 5.91 Å². The van der Waals surface area contributed by atoms with Crippen LogP contribution in [0, 0.1) is 0 Å². The molecule has 2 rings (SSSR count). The van der Waals surface area contributed by atoms with E-state index in [0.29, 0.717) is 0 Å². The van der Waals surface area contributed by atoms with Gasteiger partial charge in [-0.3, -0.25) is 9.52 Å². The minimum Gasteiger partial charge on any atom is -0.481 e. The lowest BCUT2D eigenvalue weighted by Gasteiger charge is -2.14. The highest BCUT2D eigenvalue weighted by Gasteiger charge is 2.29. The molecular formula is C16H14Cl2F2N2O5S. The molecule has 1 aromatic carbocycles. The summed E-state index contributed by atoms with van der Waals surface area (Å²) in [5, 5.41) is -3.77. The number of nitrogens with one attached hydrogen (secondary N) is 1. The molecule has 1 atom stereocenters. The molecule has 1 unspecified atom stereocenters. The molecule has 28 heavy (non-hydrogen) atoms. The van der Waals surface area contributed by atoms with Crippen LogP contribution in [0.4, 0.5) is 8.78 Å². The Bertz CT molecular complexity index is 966. The number of hydrogen-bond donors (Lipinski definition) is 1. The van der Waals surface area contributed by atoms with Crippen LogP contribution in [0.25, 0.3) is 0 Å². The van der Waals surface area contributed by atoms with E-state index in [1.807, 2.05) is 0 Å². The summed E-state index contributed by atoms with van der Waals surface area (Å²) in [6.07, 6.45) is 0.625. The standard InChI is InChI=1S/C16H14Cl2F2N2O5S/c1-9(14(23)22-28(2,24)25)26-11-3-5-12(6-4-11)27-15-13(17)7-10(8-21-15)16(18,19)20/h3-9H,1-2H3,(H,22,23). The van der Waals surface area contributed by atoms with Crippen molar-refractivity contribution in [1.29, 1.82) is 0 Å². The molecule has 1 heterocycles. The molecule has 0 bridgehead atoms. The van der Waals surface area contributed by atoms with Crippen LogP contribution < -0.4 is 14.2 Å². The number of alkyl halides is 3. The smallest absolute Gasteiger partial charge is 0.349 e. The summed E-state index contributed by atoms with van der Waals surface area (Å²) in [6, 6.07) is 6.76. The first kappa shape index (κ1) is 22.1. The van der Waals surface area contributed by atoms with Crippen molar-refractivity contribution >= 4 is 39.1 Å². The van der Waals surface area contributed by atoms with Crippen LogP contribution in [0.15, 0.2) is 36.5 Å². The first-order chi connectivity index (χ1) is 12.8. The molecule has 0 radical (unpaired) electrons. The van der Waals surface area contributed by atoms with Gasteiger partial charge in [0.05, 0.1) is 11.8 Å². The first-order valence-electron chi connectivity index (χ1n) is 7.54. The Labute approximate surface area is 169 Å². The monoisotopic (exact) mass is 454 g/mol. The van der Waals surface area contributed by atoms with Crippen molar-refractivity contribution in [3.05, 3.63) is 47.1 Å². The Morgan fingerprint density at radius 3 is 2.32 bits per heavy atom. The van der Waals surface area contributed by atoms with Gasteiger partial charge in [0.15, 0.2) is 6.10 Å². The Morgan fingerprint density at radius 1 is 1.25 bits per heavy atom. The fourth-order valence-corrected chi connectivity index (χ4v) is 2.72. The molecular weight excluding hydrogens is 441 g/mol. The largest absolute Gasteiger partial charge is 0.481 e. The lowest BCUT2D eigenvalue weighted by molar-refractivity contribution is -0.125. The highest BCUT2D eigenvalue weighted by atomic mass is 35.5. The highest BCUT2D eigenvalue weighted by molar-refractivity contribution is 7.89. The number of carbonyl (C=O) groups excluding carboxylic acids is 1. The van der Waals surface area contributed by atoms with E-state index < -0.39 is 33.0 Å². The molecule has 152 valence electrons. The van der Waals surface area contributed by atoms with E-state index in [1.165, 1.54) is 31.2 Å². The van der Waals surface area contributed by atoms with Gasteiger partial charge in [-0.1, -0.05) is 11.6 Å². The topological polar surface area (TPSA) is 94.6 Å². The number of pyridine rings is 1. The number of halogens is 4. The molecule has 0 fully saturated rings. The van der Waals surface area contributed by atoms with Gasteiger partial charge in [0, 0.05) is 6.20 Å². The Morgan fingerprint density at radius 2 is 1.82 bits per heavy atom. The Hall–Kier alpha value is -2.17. The molecule has 0 aliphatic carbocycles. The first-order valence-corrected chi connectivity index (χ1v) is 10.2. The van der Waals surface area contributed by atoms with Crippen molar-refractivity contribution in [1.82, 2.24) is 9.71 Å². The van der Waals surface area contributed by atoms with E-state index in [-0.39, 0.29) is 22.4 Å². The SMILES string of the molecule is CC(Oc1ccc(Oc2ncc(C(F)(F)Cl)cc2Cl)cc1)C(=O)NS(C)(=O)=O. The Kier molecular flexibility index (Phi) is 6.68. The van der Waals surface area contributed by atoms with Crippen molar-refractivity contribution in [3.8, 4) is 17.4 Å². The summed E-state index contributed by atoms with van der Waals surface area (Å²) in [4.78, 5) is 15.4. The second-order valence-electron chi connectivity index (χ2n) is 5.58. The molecule has 0 aliphatic heterocycles. The van der Waals surface area contributed by atoms with Crippen LogP contribution in [0.5, 0.6) is 17.4 Å². The van der Waals surface area contributed by atoms with Gasteiger partial charge in [0.2, 0.25) is 15.9 Å². The van der Waals surface area contributed by atoms with Gasteiger partial charge >= 0.3 is 5.38 Å². The zero-order chi connectivity index (χ0) is 21.1. The van der Waals surface area contributed by atoms with Crippen LogP contribution >= 0.6 is 23.2 Å². The van der Waals surface area contributed by atoms with Crippen molar-refractivity contribution in [2.24, 2.45) is 0 Å². The molecule has 1 aromatic heterocycles. The minimum atomic E-state index is -3.69. The van der Waals surface area contributed by atoms with Gasteiger partial charge in [-0.05, 0) is 48.9 Å². The lowest BCUT2D eigenvalue weighted by atomic mass is 10.3. The lowest BCUT2D eigenvalue weighted by Crippen LogP contribution is -2.39. The third-order valence-electron chi connectivity index (χ3n) is 3.14. The zero-order valence-corrected chi connectivity index (χ0v) is 16.8. The molecule has 0 saturated carbocycles. The van der Waals surface area contributed by atoms with Crippen molar-refractivity contribution < 1.29 is 31.5 Å². The van der Waals surface area contributed by atoms with E-state index in [9.17, 15) is 22.0 Å². The van der Waals surface area contributed by atoms with Crippen molar-refractivity contribution in [2.45, 2.75) is 18.4 Å². The zero-order valence-electron chi connectivity index (χ0n) is 14.5. The van der Waals surface area contributed by atoms with Crippen LogP contribution in [0.2, 0.25) is 5.02 Å². The highest BCUT2D eigenvalue weighted by Crippen LogP contribution is 2.36. The number of nitrogens with zero attached hydrogens (tertiary/aromatic N) is 1. The number of aromatic nitrogens is 1. The molecule has 1 N–H and O–H groups in total. The molecule has 0 aliphatic rings. The third-order valence-corrected chi connectivity index (χ3v) is 4.20. The van der Waals surface area contributed by atoms with Gasteiger partial charge < -0.3 is 9.47 Å². The Balaban J connectivity index is 2.04. The summed E-state index contributed by atoms with van der Waals surface area (Å²) >= 11 is 10.8. The second-order valence-corrected chi connectivity index (χ2v) is 8.21. The summed E-state index contributed by atoms with van der Waals surface area (Å²) in [7, 11) is -3.69. The number of carbonyl (C=O) groups is 1. The predicted octanol–water partition coefficient (Wildman–Crippen LogP) is 3.66. The average molecular weight is 455 g/mol. The van der Waals surface area contributed by atoms with Gasteiger partial charge in [0.1, 0.15) is 16.5 Å². The normalized spacial score (nSPS) is 12.9. The maximum Gasteiger partial charge on any atom is 0.349 e. The second kappa shape index (κ2) is 8.46. The van der Waals surface area contributed by atoms with Crippen LogP contribution in [0.3, 0.4) is 0 Å². The summed E-state index contributed by atoms with van der Waals surface area (Å²) < 4.78 is 60.7. The average Bonchev–Trinajstić information content (AvgIpc) is 2.56. The fourth-order valence-electron chi connectivity index (χ4n) is 1.88. The molecule has 0 spiro atoms.